The van der Waals surface area contributed by atoms with Crippen molar-refractivity contribution in [2.24, 2.45) is 0 Å². The fraction of sp³-hybridized carbons (Fsp3) is 0.333. The Balaban J connectivity index is 1.67. The molecule has 1 aliphatic rings. The van der Waals surface area contributed by atoms with Crippen LogP contribution in [0.4, 0.5) is 0 Å². The zero-order chi connectivity index (χ0) is 17.6. The summed E-state index contributed by atoms with van der Waals surface area (Å²) in [5.41, 5.74) is 0. The molecule has 1 amide bonds. The lowest BCUT2D eigenvalue weighted by atomic mass is 10.1. The van der Waals surface area contributed by atoms with Crippen molar-refractivity contribution in [3.63, 3.8) is 0 Å². The third-order valence-corrected chi connectivity index (χ3v) is 7.04. The Morgan fingerprint density at radius 3 is 2.84 bits per heavy atom. The normalized spacial score (nSPS) is 20.6. The summed E-state index contributed by atoms with van der Waals surface area (Å²) >= 11 is 3.17. The standard InChI is InChI=1S/C18H17NO4S2/c1-23-11-6-10(7-16(20)21)19(9-11)18(22)15-8-14-17(25-15)12-4-2-3-5-13(12)24-14/h2-5,8,10-11H,6-7,9H2,1H3,(H,20,21). The van der Waals surface area contributed by atoms with Crippen molar-refractivity contribution in [1.29, 1.82) is 0 Å². The van der Waals surface area contributed by atoms with Gasteiger partial charge in [-0.15, -0.1) is 22.7 Å². The molecule has 0 aliphatic carbocycles. The molecule has 0 radical (unpaired) electrons. The number of hydrogen-bond acceptors (Lipinski definition) is 5. The monoisotopic (exact) mass is 375 g/mol. The molecule has 0 spiro atoms. The average molecular weight is 375 g/mol. The fourth-order valence-electron chi connectivity index (χ4n) is 3.43. The van der Waals surface area contributed by atoms with E-state index in [1.165, 1.54) is 21.4 Å². The van der Waals surface area contributed by atoms with Crippen LogP contribution in [0.5, 0.6) is 0 Å². The van der Waals surface area contributed by atoms with Crippen molar-refractivity contribution in [3.8, 4) is 0 Å². The minimum absolute atomic E-state index is 0.0473. The number of carboxylic acids is 1. The summed E-state index contributed by atoms with van der Waals surface area (Å²) in [6, 6.07) is 9.80. The topological polar surface area (TPSA) is 66.8 Å². The summed E-state index contributed by atoms with van der Waals surface area (Å²) in [7, 11) is 1.60. The first kappa shape index (κ1) is 16.5. The summed E-state index contributed by atoms with van der Waals surface area (Å²) in [6.45, 7) is 0.444. The minimum atomic E-state index is -0.891. The number of likely N-dealkylation sites (tertiary alicyclic amines) is 1. The average Bonchev–Trinajstić information content (AvgIpc) is 3.25. The number of carbonyl (C=O) groups is 2. The van der Waals surface area contributed by atoms with Gasteiger partial charge in [0.15, 0.2) is 0 Å². The predicted octanol–water partition coefficient (Wildman–Crippen LogP) is 3.82. The van der Waals surface area contributed by atoms with Gasteiger partial charge < -0.3 is 14.7 Å². The van der Waals surface area contributed by atoms with Crippen molar-refractivity contribution in [1.82, 2.24) is 4.90 Å². The highest BCUT2D eigenvalue weighted by Gasteiger charge is 2.37. The highest BCUT2D eigenvalue weighted by Crippen LogP contribution is 2.40. The van der Waals surface area contributed by atoms with Gasteiger partial charge in [-0.1, -0.05) is 18.2 Å². The Morgan fingerprint density at radius 1 is 1.28 bits per heavy atom. The maximum absolute atomic E-state index is 13.0. The van der Waals surface area contributed by atoms with Crippen LogP contribution in [0.2, 0.25) is 0 Å². The van der Waals surface area contributed by atoms with Crippen molar-refractivity contribution in [2.75, 3.05) is 13.7 Å². The van der Waals surface area contributed by atoms with E-state index in [2.05, 4.69) is 12.1 Å². The lowest BCUT2D eigenvalue weighted by molar-refractivity contribution is -0.137. The number of methoxy groups -OCH3 is 1. The van der Waals surface area contributed by atoms with Gasteiger partial charge in [-0.2, -0.15) is 0 Å². The van der Waals surface area contributed by atoms with Gasteiger partial charge in [-0.05, 0) is 18.6 Å². The highest BCUT2D eigenvalue weighted by molar-refractivity contribution is 7.33. The quantitative estimate of drug-likeness (QED) is 0.753. The van der Waals surface area contributed by atoms with E-state index in [1.807, 2.05) is 18.2 Å². The van der Waals surface area contributed by atoms with Gasteiger partial charge in [-0.3, -0.25) is 9.59 Å². The zero-order valence-electron chi connectivity index (χ0n) is 13.6. The lowest BCUT2D eigenvalue weighted by Crippen LogP contribution is -2.36. The van der Waals surface area contributed by atoms with Crippen LogP contribution in [0.25, 0.3) is 19.5 Å². The molecule has 1 fully saturated rings. The van der Waals surface area contributed by atoms with Crippen LogP contribution >= 0.6 is 22.7 Å². The summed E-state index contributed by atoms with van der Waals surface area (Å²) in [5, 5.41) is 10.3. The van der Waals surface area contributed by atoms with Gasteiger partial charge in [-0.25, -0.2) is 0 Å². The lowest BCUT2D eigenvalue weighted by Gasteiger charge is -2.22. The number of amides is 1. The number of ether oxygens (including phenoxy) is 1. The molecular weight excluding hydrogens is 358 g/mol. The zero-order valence-corrected chi connectivity index (χ0v) is 15.2. The van der Waals surface area contributed by atoms with Crippen LogP contribution in [-0.4, -0.2) is 47.7 Å². The molecule has 4 rings (SSSR count). The molecule has 1 aromatic carbocycles. The molecule has 2 aromatic heterocycles. The van der Waals surface area contributed by atoms with Gasteiger partial charge in [0.05, 0.1) is 22.1 Å². The van der Waals surface area contributed by atoms with Crippen molar-refractivity contribution in [3.05, 3.63) is 35.2 Å². The van der Waals surface area contributed by atoms with E-state index in [0.717, 1.165) is 9.40 Å². The Morgan fingerprint density at radius 2 is 2.08 bits per heavy atom. The molecule has 3 aromatic rings. The minimum Gasteiger partial charge on any atom is -0.481 e. The Labute approximate surface area is 152 Å². The third kappa shape index (κ3) is 2.92. The third-order valence-electron chi connectivity index (χ3n) is 4.64. The fourth-order valence-corrected chi connectivity index (χ4v) is 5.92. The largest absolute Gasteiger partial charge is 0.481 e. The van der Waals surface area contributed by atoms with Gasteiger partial charge in [0.2, 0.25) is 0 Å². The number of benzene rings is 1. The summed E-state index contributed by atoms with van der Waals surface area (Å²) < 4.78 is 8.80. The number of carboxylic acid groups (broad SMARTS) is 1. The Kier molecular flexibility index (Phi) is 4.23. The molecule has 25 heavy (non-hydrogen) atoms. The van der Waals surface area contributed by atoms with Crippen molar-refractivity contribution >= 4 is 54.0 Å². The molecule has 2 atom stereocenters. The van der Waals surface area contributed by atoms with Crippen molar-refractivity contribution < 1.29 is 19.4 Å². The summed E-state index contributed by atoms with van der Waals surface area (Å²) in [6.07, 6.45) is 0.418. The molecule has 3 heterocycles. The van der Waals surface area contributed by atoms with Crippen LogP contribution in [0.1, 0.15) is 22.5 Å². The molecule has 5 nitrogen and oxygen atoms in total. The van der Waals surface area contributed by atoms with Crippen LogP contribution in [0.3, 0.4) is 0 Å². The molecule has 0 bridgehead atoms. The molecule has 130 valence electrons. The molecule has 1 N–H and O–H groups in total. The van der Waals surface area contributed by atoms with E-state index in [9.17, 15) is 9.59 Å². The van der Waals surface area contributed by atoms with Crippen LogP contribution < -0.4 is 0 Å². The smallest absolute Gasteiger partial charge is 0.305 e. The summed E-state index contributed by atoms with van der Waals surface area (Å²) in [4.78, 5) is 26.5. The summed E-state index contributed by atoms with van der Waals surface area (Å²) in [5.74, 6) is -0.985. The molecular formula is C18H17NO4S2. The highest BCUT2D eigenvalue weighted by atomic mass is 32.1. The second-order valence-electron chi connectivity index (χ2n) is 6.20. The van der Waals surface area contributed by atoms with E-state index in [0.29, 0.717) is 17.8 Å². The second-order valence-corrected chi connectivity index (χ2v) is 8.34. The van der Waals surface area contributed by atoms with E-state index < -0.39 is 5.97 Å². The number of fused-ring (bicyclic) bond motifs is 3. The second kappa shape index (κ2) is 6.40. The van der Waals surface area contributed by atoms with Crippen LogP contribution in [0, 0.1) is 0 Å². The van der Waals surface area contributed by atoms with Gasteiger partial charge >= 0.3 is 5.97 Å². The molecule has 0 saturated carbocycles. The SMILES string of the molecule is COC1CC(CC(=O)O)N(C(=O)c2cc3sc4ccccc4c3s2)C1. The number of hydrogen-bond donors (Lipinski definition) is 1. The number of thiophene rings is 2. The number of nitrogens with zero attached hydrogens (tertiary/aromatic N) is 1. The van der Waals surface area contributed by atoms with E-state index >= 15 is 0 Å². The van der Waals surface area contributed by atoms with Crippen molar-refractivity contribution in [2.45, 2.75) is 25.0 Å². The number of rotatable bonds is 4. The Bertz CT molecular complexity index is 960. The first-order valence-electron chi connectivity index (χ1n) is 8.03. The number of carbonyl (C=O) groups excluding carboxylic acids is 1. The van der Waals surface area contributed by atoms with E-state index in [4.69, 9.17) is 9.84 Å². The maximum atomic E-state index is 13.0. The van der Waals surface area contributed by atoms with Gasteiger partial charge in [0.25, 0.3) is 5.91 Å². The first-order valence-corrected chi connectivity index (χ1v) is 9.66. The van der Waals surface area contributed by atoms with Crippen LogP contribution in [-0.2, 0) is 9.53 Å². The Hall–Kier alpha value is -1.96. The van der Waals surface area contributed by atoms with E-state index in [-0.39, 0.29) is 24.5 Å². The molecule has 2 unspecified atom stereocenters. The van der Waals surface area contributed by atoms with Gasteiger partial charge in [0, 0.05) is 34.5 Å². The first-order chi connectivity index (χ1) is 12.1. The molecule has 1 aliphatic heterocycles. The molecule has 1 saturated heterocycles. The van der Waals surface area contributed by atoms with E-state index in [1.54, 1.807) is 23.3 Å². The maximum Gasteiger partial charge on any atom is 0.305 e. The van der Waals surface area contributed by atoms with Gasteiger partial charge in [0.1, 0.15) is 0 Å². The molecule has 7 heteroatoms. The van der Waals surface area contributed by atoms with Crippen LogP contribution in [0.15, 0.2) is 30.3 Å². The predicted molar refractivity (Wildman–Crippen MR) is 99.7 cm³/mol. The number of aliphatic carboxylic acids is 1.